The zero-order chi connectivity index (χ0) is 14.4. The Balaban J connectivity index is 2.43. The molecule has 0 aliphatic carbocycles. The number of rotatable bonds is 1. The van der Waals surface area contributed by atoms with Crippen molar-refractivity contribution in [1.29, 1.82) is 0 Å². The lowest BCUT2D eigenvalue weighted by Gasteiger charge is -2.05. The van der Waals surface area contributed by atoms with E-state index in [9.17, 15) is 4.39 Å². The van der Waals surface area contributed by atoms with Gasteiger partial charge in [0.15, 0.2) is 5.65 Å². The van der Waals surface area contributed by atoms with Crippen LogP contribution in [0.4, 0.5) is 4.39 Å². The van der Waals surface area contributed by atoms with E-state index in [4.69, 9.17) is 23.2 Å². The summed E-state index contributed by atoms with van der Waals surface area (Å²) in [5, 5.41) is 5.00. The first-order chi connectivity index (χ1) is 9.50. The average Bonchev–Trinajstić information content (AvgIpc) is 2.74. The highest BCUT2D eigenvalue weighted by molar-refractivity contribution is 6.34. The summed E-state index contributed by atoms with van der Waals surface area (Å²) >= 11 is 12.3. The third-order valence-electron chi connectivity index (χ3n) is 3.19. The maximum atomic E-state index is 14.0. The van der Waals surface area contributed by atoms with Crippen LogP contribution in [0.15, 0.2) is 24.3 Å². The lowest BCUT2D eigenvalue weighted by Crippen LogP contribution is -1.97. The molecule has 0 atom stereocenters. The topological polar surface area (TPSA) is 30.2 Å². The smallest absolute Gasteiger partial charge is 0.166 e. The lowest BCUT2D eigenvalue weighted by atomic mass is 10.1. The van der Waals surface area contributed by atoms with Gasteiger partial charge in [-0.05, 0) is 19.9 Å². The van der Waals surface area contributed by atoms with Crippen LogP contribution in [0.2, 0.25) is 10.3 Å². The molecule has 3 rings (SSSR count). The first kappa shape index (κ1) is 13.3. The molecule has 3 aromatic rings. The Morgan fingerprint density at radius 1 is 1.15 bits per heavy atom. The summed E-state index contributed by atoms with van der Waals surface area (Å²) < 4.78 is 15.5. The van der Waals surface area contributed by atoms with Gasteiger partial charge in [0, 0.05) is 11.1 Å². The van der Waals surface area contributed by atoms with Gasteiger partial charge in [0.2, 0.25) is 0 Å². The molecular weight excluding hydrogens is 300 g/mol. The van der Waals surface area contributed by atoms with Gasteiger partial charge < -0.3 is 0 Å². The minimum atomic E-state index is -0.333. The SMILES string of the molecule is Cc1nn2c(Cl)c(C)c(Cl)nc2c1-c1ccccc1F. The van der Waals surface area contributed by atoms with Gasteiger partial charge in [-0.2, -0.15) is 5.10 Å². The number of nitrogens with zero attached hydrogens (tertiary/aromatic N) is 3. The predicted octanol–water partition coefficient (Wildman–Crippen LogP) is 4.46. The highest BCUT2D eigenvalue weighted by Gasteiger charge is 2.19. The summed E-state index contributed by atoms with van der Waals surface area (Å²) in [6, 6.07) is 6.48. The van der Waals surface area contributed by atoms with Gasteiger partial charge in [-0.25, -0.2) is 13.9 Å². The Morgan fingerprint density at radius 3 is 2.55 bits per heavy atom. The van der Waals surface area contributed by atoms with Gasteiger partial charge in [0.05, 0.1) is 11.3 Å². The van der Waals surface area contributed by atoms with Crippen molar-refractivity contribution in [3.8, 4) is 11.1 Å². The second kappa shape index (κ2) is 4.72. The fraction of sp³-hybridized carbons (Fsp3) is 0.143. The molecule has 0 saturated heterocycles. The van der Waals surface area contributed by atoms with Crippen molar-refractivity contribution in [1.82, 2.24) is 14.6 Å². The molecule has 0 fully saturated rings. The number of fused-ring (bicyclic) bond motifs is 1. The molecule has 0 N–H and O–H groups in total. The van der Waals surface area contributed by atoms with Crippen molar-refractivity contribution in [3.63, 3.8) is 0 Å². The molecule has 2 heterocycles. The lowest BCUT2D eigenvalue weighted by molar-refractivity contribution is 0.631. The molecule has 0 amide bonds. The molecule has 0 radical (unpaired) electrons. The second-order valence-corrected chi connectivity index (χ2v) is 5.21. The highest BCUT2D eigenvalue weighted by atomic mass is 35.5. The molecule has 2 aromatic heterocycles. The Morgan fingerprint density at radius 2 is 1.85 bits per heavy atom. The normalized spacial score (nSPS) is 11.2. The van der Waals surface area contributed by atoms with Gasteiger partial charge in [-0.3, -0.25) is 0 Å². The molecule has 0 aliphatic rings. The molecule has 0 spiro atoms. The van der Waals surface area contributed by atoms with E-state index in [-0.39, 0.29) is 5.82 Å². The van der Waals surface area contributed by atoms with Gasteiger partial charge in [-0.1, -0.05) is 41.4 Å². The Kier molecular flexibility index (Phi) is 3.15. The van der Waals surface area contributed by atoms with Crippen molar-refractivity contribution >= 4 is 28.8 Å². The molecule has 20 heavy (non-hydrogen) atoms. The number of hydrogen-bond acceptors (Lipinski definition) is 2. The van der Waals surface area contributed by atoms with E-state index in [1.807, 2.05) is 0 Å². The van der Waals surface area contributed by atoms with E-state index < -0.39 is 0 Å². The predicted molar refractivity (Wildman–Crippen MR) is 77.9 cm³/mol. The maximum Gasteiger partial charge on any atom is 0.166 e. The summed E-state index contributed by atoms with van der Waals surface area (Å²) in [6.45, 7) is 3.55. The molecule has 0 aliphatic heterocycles. The molecular formula is C14H10Cl2FN3. The fourth-order valence-corrected chi connectivity index (χ4v) is 2.58. The number of hydrogen-bond donors (Lipinski definition) is 0. The van der Waals surface area contributed by atoms with Crippen molar-refractivity contribution < 1.29 is 4.39 Å². The molecule has 0 saturated carbocycles. The summed E-state index contributed by atoms with van der Waals surface area (Å²) in [5.41, 5.74) is 2.78. The van der Waals surface area contributed by atoms with E-state index in [1.165, 1.54) is 10.6 Å². The standard InChI is InChI=1S/C14H10Cl2FN3/c1-7-12(15)18-14-11(8(2)19-20(14)13(7)16)9-5-3-4-6-10(9)17/h3-6H,1-2H3. The van der Waals surface area contributed by atoms with Crippen LogP contribution in [-0.4, -0.2) is 14.6 Å². The van der Waals surface area contributed by atoms with Crippen molar-refractivity contribution in [3.05, 3.63) is 51.6 Å². The Hall–Kier alpha value is -1.65. The average molecular weight is 310 g/mol. The number of aromatic nitrogens is 3. The molecule has 0 unspecified atom stereocenters. The van der Waals surface area contributed by atoms with Crippen molar-refractivity contribution in [2.75, 3.05) is 0 Å². The van der Waals surface area contributed by atoms with Crippen LogP contribution < -0.4 is 0 Å². The highest BCUT2D eigenvalue weighted by Crippen LogP contribution is 2.33. The first-order valence-electron chi connectivity index (χ1n) is 5.96. The van der Waals surface area contributed by atoms with E-state index in [0.29, 0.717) is 38.3 Å². The zero-order valence-electron chi connectivity index (χ0n) is 10.8. The third kappa shape index (κ3) is 1.87. The number of benzene rings is 1. The summed E-state index contributed by atoms with van der Waals surface area (Å²) in [6.07, 6.45) is 0. The monoisotopic (exact) mass is 309 g/mol. The molecule has 0 bridgehead atoms. The Bertz CT molecular complexity index is 827. The third-order valence-corrected chi connectivity index (χ3v) is 4.00. The number of aryl methyl sites for hydroxylation is 1. The quantitative estimate of drug-likeness (QED) is 0.621. The molecule has 1 aromatic carbocycles. The van der Waals surface area contributed by atoms with E-state index in [1.54, 1.807) is 32.0 Å². The maximum absolute atomic E-state index is 14.0. The summed E-state index contributed by atoms with van der Waals surface area (Å²) in [7, 11) is 0. The van der Waals surface area contributed by atoms with Gasteiger partial charge in [0.25, 0.3) is 0 Å². The summed E-state index contributed by atoms with van der Waals surface area (Å²) in [4.78, 5) is 4.29. The minimum absolute atomic E-state index is 0.292. The van der Waals surface area contributed by atoms with Crippen molar-refractivity contribution in [2.45, 2.75) is 13.8 Å². The summed E-state index contributed by atoms with van der Waals surface area (Å²) in [5.74, 6) is -0.333. The molecule has 6 heteroatoms. The molecule has 3 nitrogen and oxygen atoms in total. The van der Waals surface area contributed by atoms with Crippen molar-refractivity contribution in [2.24, 2.45) is 0 Å². The van der Waals surface area contributed by atoms with E-state index >= 15 is 0 Å². The van der Waals surface area contributed by atoms with Gasteiger partial charge in [0.1, 0.15) is 16.1 Å². The fourth-order valence-electron chi connectivity index (χ4n) is 2.16. The van der Waals surface area contributed by atoms with E-state index in [2.05, 4.69) is 10.1 Å². The van der Waals surface area contributed by atoms with Crippen LogP contribution in [0.3, 0.4) is 0 Å². The minimum Gasteiger partial charge on any atom is -0.216 e. The van der Waals surface area contributed by atoms with Crippen LogP contribution in [0.25, 0.3) is 16.8 Å². The van der Waals surface area contributed by atoms with Crippen LogP contribution in [0.1, 0.15) is 11.3 Å². The van der Waals surface area contributed by atoms with Crippen LogP contribution in [0.5, 0.6) is 0 Å². The first-order valence-corrected chi connectivity index (χ1v) is 6.72. The van der Waals surface area contributed by atoms with Gasteiger partial charge >= 0.3 is 0 Å². The van der Waals surface area contributed by atoms with Gasteiger partial charge in [-0.15, -0.1) is 0 Å². The van der Waals surface area contributed by atoms with Crippen LogP contribution >= 0.6 is 23.2 Å². The number of halogens is 3. The van der Waals surface area contributed by atoms with Crippen LogP contribution in [-0.2, 0) is 0 Å². The zero-order valence-corrected chi connectivity index (χ0v) is 12.3. The van der Waals surface area contributed by atoms with E-state index in [0.717, 1.165) is 0 Å². The second-order valence-electron chi connectivity index (χ2n) is 4.49. The van der Waals surface area contributed by atoms with Crippen LogP contribution in [0, 0.1) is 19.7 Å². The molecule has 102 valence electrons. The largest absolute Gasteiger partial charge is 0.216 e. The Labute approximate surface area is 125 Å².